The highest BCUT2D eigenvalue weighted by atomic mass is 16.5. The lowest BCUT2D eigenvalue weighted by molar-refractivity contribution is 0.0422. The molecule has 0 bridgehead atoms. The molecule has 0 radical (unpaired) electrons. The van der Waals surface area contributed by atoms with Gasteiger partial charge in [-0.05, 0) is 12.8 Å². The number of carbonyl (C=O) groups excluding carboxylic acids is 1. The third-order valence-electron chi connectivity index (χ3n) is 2.84. The lowest BCUT2D eigenvalue weighted by Gasteiger charge is -2.31. The molecule has 0 aromatic heterocycles. The molecule has 5 heteroatoms. The number of ether oxygens (including phenoxy) is 1. The summed E-state index contributed by atoms with van der Waals surface area (Å²) < 4.78 is 5.41. The molecule has 0 aliphatic heterocycles. The van der Waals surface area contributed by atoms with E-state index in [1.807, 2.05) is 0 Å². The molecule has 0 aromatic rings. The van der Waals surface area contributed by atoms with E-state index >= 15 is 0 Å². The summed E-state index contributed by atoms with van der Waals surface area (Å²) in [4.78, 5) is 10.4. The number of rotatable bonds is 5. The van der Waals surface area contributed by atoms with Gasteiger partial charge >= 0.3 is 6.03 Å². The summed E-state index contributed by atoms with van der Waals surface area (Å²) in [6, 6.07) is -0.0536. The van der Waals surface area contributed by atoms with E-state index in [4.69, 9.17) is 10.5 Å². The fourth-order valence-electron chi connectivity index (χ4n) is 2.06. The van der Waals surface area contributed by atoms with Crippen molar-refractivity contribution in [1.29, 1.82) is 0 Å². The Bertz CT molecular complexity index is 199. The third-order valence-corrected chi connectivity index (χ3v) is 2.84. The standard InChI is InChI=1S/C10H21N3O2/c1-15-9-5-3-2-4-8(9)12-6-7-13-10(11)14/h8-9,12H,2-7H2,1H3,(H3,11,13,14). The van der Waals surface area contributed by atoms with Crippen LogP contribution in [0.2, 0.25) is 0 Å². The monoisotopic (exact) mass is 215 g/mol. The van der Waals surface area contributed by atoms with Crippen LogP contribution in [0.25, 0.3) is 0 Å². The minimum absolute atomic E-state index is 0.312. The zero-order chi connectivity index (χ0) is 11.1. The number of urea groups is 1. The predicted molar refractivity (Wildman–Crippen MR) is 58.6 cm³/mol. The number of methoxy groups -OCH3 is 1. The van der Waals surface area contributed by atoms with Gasteiger partial charge in [-0.2, -0.15) is 0 Å². The van der Waals surface area contributed by atoms with Crippen molar-refractivity contribution in [2.45, 2.75) is 37.8 Å². The first-order valence-electron chi connectivity index (χ1n) is 5.53. The first-order chi connectivity index (χ1) is 7.24. The average Bonchev–Trinajstić information content (AvgIpc) is 2.24. The van der Waals surface area contributed by atoms with Crippen molar-refractivity contribution in [3.8, 4) is 0 Å². The van der Waals surface area contributed by atoms with Crippen molar-refractivity contribution < 1.29 is 9.53 Å². The van der Waals surface area contributed by atoms with Gasteiger partial charge in [-0.25, -0.2) is 4.79 Å². The van der Waals surface area contributed by atoms with Crippen LogP contribution in [0.1, 0.15) is 25.7 Å². The summed E-state index contributed by atoms with van der Waals surface area (Å²) in [6.07, 6.45) is 5.08. The van der Waals surface area contributed by atoms with Gasteiger partial charge < -0.3 is 21.1 Å². The smallest absolute Gasteiger partial charge is 0.312 e. The lowest BCUT2D eigenvalue weighted by atomic mass is 9.92. The van der Waals surface area contributed by atoms with Gasteiger partial charge in [0.05, 0.1) is 6.10 Å². The first-order valence-corrected chi connectivity index (χ1v) is 5.53. The maximum absolute atomic E-state index is 10.4. The number of amides is 2. The number of nitrogens with one attached hydrogen (secondary N) is 2. The molecule has 0 saturated heterocycles. The van der Waals surface area contributed by atoms with E-state index in [-0.39, 0.29) is 0 Å². The van der Waals surface area contributed by atoms with Crippen LogP contribution in [0.15, 0.2) is 0 Å². The Morgan fingerprint density at radius 2 is 2.13 bits per heavy atom. The Balaban J connectivity index is 2.15. The molecule has 1 saturated carbocycles. The maximum atomic E-state index is 10.4. The molecule has 88 valence electrons. The van der Waals surface area contributed by atoms with E-state index in [0.717, 1.165) is 19.4 Å². The summed E-state index contributed by atoms with van der Waals surface area (Å²) in [5, 5.41) is 5.94. The van der Waals surface area contributed by atoms with Crippen molar-refractivity contribution in [2.75, 3.05) is 20.2 Å². The normalized spacial score (nSPS) is 26.2. The van der Waals surface area contributed by atoms with Crippen molar-refractivity contribution >= 4 is 6.03 Å². The second-order valence-corrected chi connectivity index (χ2v) is 3.91. The number of hydrogen-bond donors (Lipinski definition) is 3. The molecule has 1 aliphatic rings. The number of nitrogens with two attached hydrogens (primary N) is 1. The van der Waals surface area contributed by atoms with E-state index in [9.17, 15) is 4.79 Å². The highest BCUT2D eigenvalue weighted by Crippen LogP contribution is 2.20. The van der Waals surface area contributed by atoms with Crippen LogP contribution in [0, 0.1) is 0 Å². The highest BCUT2D eigenvalue weighted by Gasteiger charge is 2.23. The molecule has 0 heterocycles. The number of primary amides is 1. The summed E-state index contributed by atoms with van der Waals surface area (Å²) in [5.41, 5.74) is 4.96. The summed E-state index contributed by atoms with van der Waals surface area (Å²) in [5.74, 6) is 0. The van der Waals surface area contributed by atoms with Gasteiger partial charge in [-0.3, -0.25) is 0 Å². The molecule has 1 aliphatic carbocycles. The van der Waals surface area contributed by atoms with Crippen LogP contribution in [0.4, 0.5) is 4.79 Å². The number of hydrogen-bond acceptors (Lipinski definition) is 3. The Labute approximate surface area is 90.7 Å². The topological polar surface area (TPSA) is 76.4 Å². The van der Waals surface area contributed by atoms with Crippen LogP contribution in [0.3, 0.4) is 0 Å². The van der Waals surface area contributed by atoms with E-state index in [1.165, 1.54) is 12.8 Å². The third kappa shape index (κ3) is 4.48. The van der Waals surface area contributed by atoms with Crippen LogP contribution < -0.4 is 16.4 Å². The fourth-order valence-corrected chi connectivity index (χ4v) is 2.06. The largest absolute Gasteiger partial charge is 0.380 e. The zero-order valence-corrected chi connectivity index (χ0v) is 9.29. The molecule has 2 amide bonds. The maximum Gasteiger partial charge on any atom is 0.312 e. The second kappa shape index (κ2) is 6.63. The summed E-state index contributed by atoms with van der Waals surface area (Å²) >= 11 is 0. The molecule has 1 rings (SSSR count). The zero-order valence-electron chi connectivity index (χ0n) is 9.29. The molecule has 0 aromatic carbocycles. The van der Waals surface area contributed by atoms with E-state index in [0.29, 0.717) is 18.7 Å². The van der Waals surface area contributed by atoms with Crippen LogP contribution >= 0.6 is 0 Å². The lowest BCUT2D eigenvalue weighted by Crippen LogP contribution is -2.46. The highest BCUT2D eigenvalue weighted by molar-refractivity contribution is 5.71. The Hall–Kier alpha value is -0.810. The van der Waals surface area contributed by atoms with Gasteiger partial charge in [0.1, 0.15) is 0 Å². The molecule has 5 nitrogen and oxygen atoms in total. The average molecular weight is 215 g/mol. The first kappa shape index (κ1) is 12.3. The summed E-state index contributed by atoms with van der Waals surface area (Å²) in [6.45, 7) is 1.32. The Kier molecular flexibility index (Phi) is 5.42. The summed E-state index contributed by atoms with van der Waals surface area (Å²) in [7, 11) is 1.76. The molecule has 2 atom stereocenters. The van der Waals surface area contributed by atoms with E-state index < -0.39 is 6.03 Å². The Morgan fingerprint density at radius 3 is 2.80 bits per heavy atom. The van der Waals surface area contributed by atoms with Gasteiger partial charge in [0.2, 0.25) is 0 Å². The molecule has 4 N–H and O–H groups in total. The molecule has 1 fully saturated rings. The predicted octanol–water partition coefficient (Wildman–Crippen LogP) is 0.202. The van der Waals surface area contributed by atoms with E-state index in [1.54, 1.807) is 7.11 Å². The Morgan fingerprint density at radius 1 is 1.40 bits per heavy atom. The minimum Gasteiger partial charge on any atom is -0.380 e. The van der Waals surface area contributed by atoms with Crippen LogP contribution in [-0.4, -0.2) is 38.4 Å². The van der Waals surface area contributed by atoms with Gasteiger partial charge in [-0.15, -0.1) is 0 Å². The van der Waals surface area contributed by atoms with E-state index in [2.05, 4.69) is 10.6 Å². The van der Waals surface area contributed by atoms with Crippen molar-refractivity contribution in [2.24, 2.45) is 5.73 Å². The van der Waals surface area contributed by atoms with Gasteiger partial charge in [-0.1, -0.05) is 12.8 Å². The molecule has 2 unspecified atom stereocenters. The SMILES string of the molecule is COC1CCCCC1NCCNC(N)=O. The molecule has 0 spiro atoms. The van der Waals surface area contributed by atoms with Crippen molar-refractivity contribution in [3.63, 3.8) is 0 Å². The molecular formula is C10H21N3O2. The molecular weight excluding hydrogens is 194 g/mol. The quantitative estimate of drug-likeness (QED) is 0.573. The van der Waals surface area contributed by atoms with Gasteiger partial charge in [0, 0.05) is 26.2 Å². The van der Waals surface area contributed by atoms with Crippen LogP contribution in [-0.2, 0) is 4.74 Å². The van der Waals surface area contributed by atoms with Crippen molar-refractivity contribution in [3.05, 3.63) is 0 Å². The fraction of sp³-hybridized carbons (Fsp3) is 0.900. The van der Waals surface area contributed by atoms with Gasteiger partial charge in [0.25, 0.3) is 0 Å². The number of carbonyl (C=O) groups is 1. The van der Waals surface area contributed by atoms with Crippen molar-refractivity contribution in [1.82, 2.24) is 10.6 Å². The molecule has 15 heavy (non-hydrogen) atoms. The van der Waals surface area contributed by atoms with Crippen LogP contribution in [0.5, 0.6) is 0 Å². The van der Waals surface area contributed by atoms with Gasteiger partial charge in [0.15, 0.2) is 0 Å². The minimum atomic E-state index is -0.469. The second-order valence-electron chi connectivity index (χ2n) is 3.91.